The topological polar surface area (TPSA) is 84.9 Å². The number of nitrogens with one attached hydrogen (secondary N) is 1. The highest BCUT2D eigenvalue weighted by molar-refractivity contribution is 5.92. The van der Waals surface area contributed by atoms with Crippen LogP contribution in [0, 0.1) is 5.92 Å². The molecule has 0 aliphatic rings. The molecule has 0 aromatic heterocycles. The van der Waals surface area contributed by atoms with Crippen molar-refractivity contribution in [3.63, 3.8) is 0 Å². The molecular weight excluding hydrogens is 394 g/mol. The smallest absolute Gasteiger partial charge is 0.338 e. The lowest BCUT2D eigenvalue weighted by Crippen LogP contribution is -2.37. The fourth-order valence-electron chi connectivity index (χ4n) is 2.94. The maximum absolute atomic E-state index is 12.8. The van der Waals surface area contributed by atoms with Gasteiger partial charge in [0.2, 0.25) is 0 Å². The van der Waals surface area contributed by atoms with Gasteiger partial charge in [-0.1, -0.05) is 50.3 Å². The van der Waals surface area contributed by atoms with E-state index in [0.29, 0.717) is 23.7 Å². The van der Waals surface area contributed by atoms with E-state index in [2.05, 4.69) is 31.3 Å². The molecule has 0 bridgehead atoms. The number of benzene rings is 2. The Kier molecular flexibility index (Phi) is 9.62. The molecule has 0 radical (unpaired) electrons. The minimum Gasteiger partial charge on any atom is -0.504 e. The number of phenolic OH excluding ortho intramolecular Hbond substituents is 1. The maximum Gasteiger partial charge on any atom is 0.338 e. The number of carbonyl (C=O) groups is 2. The minimum atomic E-state index is -0.890. The zero-order valence-electron chi connectivity index (χ0n) is 18.3. The fourth-order valence-corrected chi connectivity index (χ4v) is 2.94. The van der Waals surface area contributed by atoms with Crippen LogP contribution >= 0.6 is 0 Å². The van der Waals surface area contributed by atoms with Crippen molar-refractivity contribution in [3.05, 3.63) is 71.8 Å². The molecule has 0 fully saturated rings. The standard InChI is InChI=1S/C25H31NO5/c1-18(2)10-6-4-9-13-22(31-25(29)20-11-7-5-8-12-20)24(28)26-17-19-14-15-21(27)23(16-19)30-3/h5-8,10-12,14-16,18,22,27H,4,9,13,17H2,1-3H3,(H,26,28)/b10-6+. The quantitative estimate of drug-likeness (QED) is 0.312. The number of rotatable bonds is 11. The summed E-state index contributed by atoms with van der Waals surface area (Å²) in [4.78, 5) is 25.3. The van der Waals surface area contributed by atoms with Crippen molar-refractivity contribution in [2.75, 3.05) is 7.11 Å². The summed E-state index contributed by atoms with van der Waals surface area (Å²) >= 11 is 0. The van der Waals surface area contributed by atoms with Crippen LogP contribution in [0.2, 0.25) is 0 Å². The van der Waals surface area contributed by atoms with Gasteiger partial charge in [-0.2, -0.15) is 0 Å². The van der Waals surface area contributed by atoms with Crippen molar-refractivity contribution >= 4 is 11.9 Å². The molecule has 0 aliphatic heterocycles. The van der Waals surface area contributed by atoms with Crippen LogP contribution < -0.4 is 10.1 Å². The highest BCUT2D eigenvalue weighted by Gasteiger charge is 2.23. The van der Waals surface area contributed by atoms with E-state index in [1.165, 1.54) is 13.2 Å². The summed E-state index contributed by atoms with van der Waals surface area (Å²) < 4.78 is 10.6. The Morgan fingerprint density at radius 2 is 1.87 bits per heavy atom. The van der Waals surface area contributed by atoms with Gasteiger partial charge in [-0.25, -0.2) is 4.79 Å². The molecule has 166 valence electrons. The van der Waals surface area contributed by atoms with Gasteiger partial charge in [-0.3, -0.25) is 4.79 Å². The summed E-state index contributed by atoms with van der Waals surface area (Å²) in [6.45, 7) is 4.43. The summed E-state index contributed by atoms with van der Waals surface area (Å²) in [5.41, 5.74) is 1.17. The molecule has 2 rings (SSSR count). The van der Waals surface area contributed by atoms with Crippen LogP contribution in [0.1, 0.15) is 49.0 Å². The number of hydrogen-bond acceptors (Lipinski definition) is 5. The van der Waals surface area contributed by atoms with Gasteiger partial charge >= 0.3 is 5.97 Å². The van der Waals surface area contributed by atoms with Gasteiger partial charge in [0.1, 0.15) is 0 Å². The zero-order chi connectivity index (χ0) is 22.6. The molecule has 1 unspecified atom stereocenters. The SMILES string of the molecule is COc1cc(CNC(=O)C(CCC/C=C/C(C)C)OC(=O)c2ccccc2)ccc1O. The van der Waals surface area contributed by atoms with Gasteiger partial charge in [0.15, 0.2) is 17.6 Å². The van der Waals surface area contributed by atoms with E-state index >= 15 is 0 Å². The van der Waals surface area contributed by atoms with Crippen LogP contribution in [-0.2, 0) is 16.1 Å². The molecule has 6 nitrogen and oxygen atoms in total. The first-order chi connectivity index (χ1) is 14.9. The van der Waals surface area contributed by atoms with Gasteiger partial charge in [0, 0.05) is 6.54 Å². The minimum absolute atomic E-state index is 0.0293. The normalized spacial score (nSPS) is 12.0. The number of carbonyl (C=O) groups excluding carboxylic acids is 2. The third kappa shape index (κ3) is 8.16. The molecule has 0 saturated heterocycles. The number of allylic oxidation sites excluding steroid dienone is 2. The second kappa shape index (κ2) is 12.4. The average Bonchev–Trinajstić information content (AvgIpc) is 2.77. The van der Waals surface area contributed by atoms with E-state index in [-0.39, 0.29) is 18.2 Å². The van der Waals surface area contributed by atoms with Crippen molar-refractivity contribution in [3.8, 4) is 11.5 Å². The van der Waals surface area contributed by atoms with Crippen LogP contribution in [-0.4, -0.2) is 30.2 Å². The van der Waals surface area contributed by atoms with Crippen molar-refractivity contribution in [1.82, 2.24) is 5.32 Å². The van der Waals surface area contributed by atoms with Gasteiger partial charge in [-0.05, 0) is 55.0 Å². The van der Waals surface area contributed by atoms with E-state index in [4.69, 9.17) is 9.47 Å². The molecule has 0 heterocycles. The highest BCUT2D eigenvalue weighted by Crippen LogP contribution is 2.26. The summed E-state index contributed by atoms with van der Waals surface area (Å²) in [5, 5.41) is 12.5. The number of ether oxygens (including phenoxy) is 2. The predicted molar refractivity (Wildman–Crippen MR) is 120 cm³/mol. The summed E-state index contributed by atoms with van der Waals surface area (Å²) in [5.74, 6) is -0.0521. The first-order valence-corrected chi connectivity index (χ1v) is 10.5. The van der Waals surface area contributed by atoms with Crippen molar-refractivity contribution in [2.24, 2.45) is 5.92 Å². The summed E-state index contributed by atoms with van der Waals surface area (Å²) in [6, 6.07) is 13.5. The van der Waals surface area contributed by atoms with Crippen LogP contribution in [0.3, 0.4) is 0 Å². The molecule has 2 aromatic rings. The Hall–Kier alpha value is -3.28. The van der Waals surface area contributed by atoms with Crippen molar-refractivity contribution < 1.29 is 24.2 Å². The number of unbranched alkanes of at least 4 members (excludes halogenated alkanes) is 1. The van der Waals surface area contributed by atoms with Gasteiger partial charge in [0.05, 0.1) is 12.7 Å². The van der Waals surface area contributed by atoms with Crippen LogP contribution in [0.25, 0.3) is 0 Å². The molecular formula is C25H31NO5. The van der Waals surface area contributed by atoms with Crippen LogP contribution in [0.4, 0.5) is 0 Å². The Morgan fingerprint density at radius 3 is 2.55 bits per heavy atom. The number of methoxy groups -OCH3 is 1. The van der Waals surface area contributed by atoms with Gasteiger partial charge in [0.25, 0.3) is 5.91 Å². The first-order valence-electron chi connectivity index (χ1n) is 10.5. The average molecular weight is 426 g/mol. The molecule has 31 heavy (non-hydrogen) atoms. The molecule has 0 spiro atoms. The number of hydrogen-bond donors (Lipinski definition) is 2. The number of phenols is 1. The maximum atomic E-state index is 12.8. The third-order valence-corrected chi connectivity index (χ3v) is 4.62. The Morgan fingerprint density at radius 1 is 1.13 bits per heavy atom. The lowest BCUT2D eigenvalue weighted by atomic mass is 10.1. The third-order valence-electron chi connectivity index (χ3n) is 4.62. The fraction of sp³-hybridized carbons (Fsp3) is 0.360. The van der Waals surface area contributed by atoms with Crippen molar-refractivity contribution in [2.45, 2.75) is 45.8 Å². The van der Waals surface area contributed by atoms with Crippen molar-refractivity contribution in [1.29, 1.82) is 0 Å². The summed E-state index contributed by atoms with van der Waals surface area (Å²) in [6.07, 6.45) is 5.26. The molecule has 6 heteroatoms. The van der Waals surface area contributed by atoms with Crippen LogP contribution in [0.5, 0.6) is 11.5 Å². The van der Waals surface area contributed by atoms with Crippen LogP contribution in [0.15, 0.2) is 60.7 Å². The Labute approximate surface area is 183 Å². The number of esters is 1. The zero-order valence-corrected chi connectivity index (χ0v) is 18.3. The van der Waals surface area contributed by atoms with E-state index < -0.39 is 12.1 Å². The van der Waals surface area contributed by atoms with E-state index in [1.54, 1.807) is 36.4 Å². The monoisotopic (exact) mass is 425 g/mol. The molecule has 0 saturated carbocycles. The lowest BCUT2D eigenvalue weighted by Gasteiger charge is -2.18. The van der Waals surface area contributed by atoms with Gasteiger partial charge < -0.3 is 19.9 Å². The Balaban J connectivity index is 2.01. The van der Waals surface area contributed by atoms with E-state index in [9.17, 15) is 14.7 Å². The molecule has 2 aromatic carbocycles. The first kappa shape index (κ1) is 24.0. The number of amides is 1. The van der Waals surface area contributed by atoms with E-state index in [0.717, 1.165) is 18.4 Å². The molecule has 2 N–H and O–H groups in total. The molecule has 1 atom stereocenters. The molecule has 0 aliphatic carbocycles. The largest absolute Gasteiger partial charge is 0.504 e. The highest BCUT2D eigenvalue weighted by atomic mass is 16.5. The molecule has 1 amide bonds. The van der Waals surface area contributed by atoms with E-state index in [1.807, 2.05) is 6.07 Å². The lowest BCUT2D eigenvalue weighted by molar-refractivity contribution is -0.130. The Bertz CT molecular complexity index is 877. The second-order valence-electron chi connectivity index (χ2n) is 7.59. The second-order valence-corrected chi connectivity index (χ2v) is 7.59. The summed E-state index contributed by atoms with van der Waals surface area (Å²) in [7, 11) is 1.46. The predicted octanol–water partition coefficient (Wildman–Crippen LogP) is 4.63. The van der Waals surface area contributed by atoms with Gasteiger partial charge in [-0.15, -0.1) is 0 Å². The number of aromatic hydroxyl groups is 1.